The van der Waals surface area contributed by atoms with Gasteiger partial charge in [-0.3, -0.25) is 4.40 Å². The molecule has 4 aromatic rings. The second-order valence-corrected chi connectivity index (χ2v) is 7.78. The van der Waals surface area contributed by atoms with Gasteiger partial charge in [0.25, 0.3) is 0 Å². The molecule has 0 saturated heterocycles. The highest BCUT2D eigenvalue weighted by Crippen LogP contribution is 2.35. The summed E-state index contributed by atoms with van der Waals surface area (Å²) in [6, 6.07) is 16.7. The molecule has 0 amide bonds. The average Bonchev–Trinajstić information content (AvgIpc) is 2.97. The molecule has 0 saturated carbocycles. The van der Waals surface area contributed by atoms with Gasteiger partial charge in [0.05, 0.1) is 0 Å². The molecule has 0 radical (unpaired) electrons. The van der Waals surface area contributed by atoms with E-state index in [1.807, 2.05) is 53.9 Å². The van der Waals surface area contributed by atoms with Gasteiger partial charge < -0.3 is 5.32 Å². The van der Waals surface area contributed by atoms with E-state index in [4.69, 9.17) is 0 Å². The van der Waals surface area contributed by atoms with Crippen LogP contribution in [0.15, 0.2) is 69.7 Å². The summed E-state index contributed by atoms with van der Waals surface area (Å²) in [5, 5.41) is 3.43. The van der Waals surface area contributed by atoms with Gasteiger partial charge in [-0.2, -0.15) is 0 Å². The third-order valence-electron chi connectivity index (χ3n) is 4.16. The molecule has 1 N–H and O–H groups in total. The highest BCUT2D eigenvalue weighted by molar-refractivity contribution is 9.10. The minimum atomic E-state index is -0.316. The van der Waals surface area contributed by atoms with E-state index in [2.05, 4.69) is 42.2 Å². The standard InChI is InChI=1S/C20H14Br2FN3/c1-12-4-2-3-5-17(12)24-20-19(15-10-13(21)6-8-16(15)23)25-18-9-7-14(22)11-26(18)20/h2-11,24H,1H3. The van der Waals surface area contributed by atoms with Gasteiger partial charge in [0.1, 0.15) is 23.0 Å². The number of pyridine rings is 1. The number of hydrogen-bond acceptors (Lipinski definition) is 2. The number of aryl methyl sites for hydroxylation is 1. The van der Waals surface area contributed by atoms with Crippen molar-refractivity contribution in [2.75, 3.05) is 5.32 Å². The molecule has 2 heterocycles. The van der Waals surface area contributed by atoms with Gasteiger partial charge in [0.2, 0.25) is 0 Å². The van der Waals surface area contributed by atoms with Gasteiger partial charge >= 0.3 is 0 Å². The van der Waals surface area contributed by atoms with Crippen LogP contribution in [0.3, 0.4) is 0 Å². The lowest BCUT2D eigenvalue weighted by atomic mass is 10.1. The van der Waals surface area contributed by atoms with Crippen LogP contribution in [0.2, 0.25) is 0 Å². The Balaban J connectivity index is 1.98. The largest absolute Gasteiger partial charge is 0.339 e. The third kappa shape index (κ3) is 3.15. The Hall–Kier alpha value is -2.18. The van der Waals surface area contributed by atoms with Gasteiger partial charge in [0.15, 0.2) is 0 Å². The lowest BCUT2D eigenvalue weighted by Crippen LogP contribution is -1.99. The first-order valence-electron chi connectivity index (χ1n) is 7.98. The molecule has 0 atom stereocenters. The molecular weight excluding hydrogens is 461 g/mol. The Bertz CT molecular complexity index is 1120. The number of anilines is 2. The van der Waals surface area contributed by atoms with Crippen LogP contribution in [0.25, 0.3) is 16.9 Å². The van der Waals surface area contributed by atoms with Crippen LogP contribution in [0.5, 0.6) is 0 Å². The van der Waals surface area contributed by atoms with E-state index in [-0.39, 0.29) is 5.82 Å². The number of aromatic nitrogens is 2. The molecule has 0 aliphatic rings. The summed E-state index contributed by atoms with van der Waals surface area (Å²) in [4.78, 5) is 4.67. The fourth-order valence-corrected chi connectivity index (χ4v) is 3.54. The van der Waals surface area contributed by atoms with E-state index in [9.17, 15) is 4.39 Å². The van der Waals surface area contributed by atoms with Crippen LogP contribution in [-0.4, -0.2) is 9.38 Å². The number of hydrogen-bond donors (Lipinski definition) is 1. The van der Waals surface area contributed by atoms with Crippen LogP contribution >= 0.6 is 31.9 Å². The van der Waals surface area contributed by atoms with Crippen molar-refractivity contribution in [3.63, 3.8) is 0 Å². The predicted molar refractivity (Wildman–Crippen MR) is 110 cm³/mol. The van der Waals surface area contributed by atoms with E-state index < -0.39 is 0 Å². The van der Waals surface area contributed by atoms with E-state index in [0.29, 0.717) is 17.1 Å². The zero-order chi connectivity index (χ0) is 18.3. The van der Waals surface area contributed by atoms with Crippen molar-refractivity contribution in [2.24, 2.45) is 0 Å². The summed E-state index contributed by atoms with van der Waals surface area (Å²) in [6.45, 7) is 2.03. The fourth-order valence-electron chi connectivity index (χ4n) is 2.85. The minimum Gasteiger partial charge on any atom is -0.339 e. The quantitative estimate of drug-likeness (QED) is 0.357. The van der Waals surface area contributed by atoms with Crippen LogP contribution in [0.1, 0.15) is 5.56 Å². The second kappa shape index (κ2) is 6.85. The molecule has 2 aromatic heterocycles. The van der Waals surface area contributed by atoms with Crippen molar-refractivity contribution < 1.29 is 4.39 Å². The van der Waals surface area contributed by atoms with Crippen molar-refractivity contribution >= 4 is 49.0 Å². The number of imidazole rings is 1. The Morgan fingerprint density at radius 1 is 1.00 bits per heavy atom. The summed E-state index contributed by atoms with van der Waals surface area (Å²) in [5.74, 6) is 0.399. The Morgan fingerprint density at radius 3 is 2.58 bits per heavy atom. The number of nitrogens with zero attached hydrogens (tertiary/aromatic N) is 2. The van der Waals surface area contributed by atoms with Crippen molar-refractivity contribution in [3.05, 3.63) is 81.1 Å². The average molecular weight is 475 g/mol. The smallest absolute Gasteiger partial charge is 0.143 e. The summed E-state index contributed by atoms with van der Waals surface area (Å²) < 4.78 is 18.2. The summed E-state index contributed by atoms with van der Waals surface area (Å²) >= 11 is 6.92. The Labute approximate surface area is 167 Å². The number of benzene rings is 2. The van der Waals surface area contributed by atoms with Crippen LogP contribution in [0, 0.1) is 12.7 Å². The van der Waals surface area contributed by atoms with Crippen LogP contribution < -0.4 is 5.32 Å². The summed E-state index contributed by atoms with van der Waals surface area (Å²) in [5.41, 5.74) is 3.78. The number of para-hydroxylation sites is 1. The van der Waals surface area contributed by atoms with E-state index >= 15 is 0 Å². The van der Waals surface area contributed by atoms with E-state index in [1.165, 1.54) is 6.07 Å². The maximum atomic E-state index is 14.6. The number of fused-ring (bicyclic) bond motifs is 1. The monoisotopic (exact) mass is 473 g/mol. The molecule has 0 aliphatic heterocycles. The van der Waals surface area contributed by atoms with E-state index in [1.54, 1.807) is 12.1 Å². The lowest BCUT2D eigenvalue weighted by molar-refractivity contribution is 0.630. The molecule has 0 unspecified atom stereocenters. The van der Waals surface area contributed by atoms with Crippen LogP contribution in [-0.2, 0) is 0 Å². The highest BCUT2D eigenvalue weighted by atomic mass is 79.9. The molecule has 6 heteroatoms. The normalized spacial score (nSPS) is 11.1. The molecule has 130 valence electrons. The zero-order valence-corrected chi connectivity index (χ0v) is 17.0. The van der Waals surface area contributed by atoms with Crippen LogP contribution in [0.4, 0.5) is 15.9 Å². The predicted octanol–water partition coefficient (Wildman–Crippen LogP) is 6.72. The molecule has 0 aliphatic carbocycles. The Kier molecular flexibility index (Phi) is 4.54. The second-order valence-electron chi connectivity index (χ2n) is 5.95. The number of halogens is 3. The minimum absolute atomic E-state index is 0.316. The number of rotatable bonds is 3. The molecule has 0 fully saturated rings. The van der Waals surface area contributed by atoms with Crippen molar-refractivity contribution in [2.45, 2.75) is 6.92 Å². The summed E-state index contributed by atoms with van der Waals surface area (Å²) in [7, 11) is 0. The number of nitrogens with one attached hydrogen (secondary N) is 1. The third-order valence-corrected chi connectivity index (χ3v) is 5.13. The van der Waals surface area contributed by atoms with Crippen molar-refractivity contribution in [3.8, 4) is 11.3 Å². The lowest BCUT2D eigenvalue weighted by Gasteiger charge is -2.12. The maximum Gasteiger partial charge on any atom is 0.143 e. The van der Waals surface area contributed by atoms with Gasteiger partial charge in [0, 0.05) is 26.4 Å². The zero-order valence-electron chi connectivity index (χ0n) is 13.8. The Morgan fingerprint density at radius 2 is 1.77 bits per heavy atom. The molecule has 3 nitrogen and oxygen atoms in total. The topological polar surface area (TPSA) is 29.3 Å². The van der Waals surface area contributed by atoms with Crippen molar-refractivity contribution in [1.82, 2.24) is 9.38 Å². The first-order chi connectivity index (χ1) is 12.5. The fraction of sp³-hybridized carbons (Fsp3) is 0.0500. The molecule has 2 aromatic carbocycles. The first-order valence-corrected chi connectivity index (χ1v) is 9.57. The molecular formula is C20H14Br2FN3. The molecule has 26 heavy (non-hydrogen) atoms. The molecule has 0 spiro atoms. The molecule has 0 bridgehead atoms. The maximum absolute atomic E-state index is 14.6. The first kappa shape index (κ1) is 17.2. The van der Waals surface area contributed by atoms with Crippen molar-refractivity contribution in [1.29, 1.82) is 0 Å². The SMILES string of the molecule is Cc1ccccc1Nc1c(-c2cc(Br)ccc2F)nc2ccc(Br)cn12. The summed E-state index contributed by atoms with van der Waals surface area (Å²) in [6.07, 6.45) is 1.92. The van der Waals surface area contributed by atoms with Gasteiger partial charge in [-0.05, 0) is 64.8 Å². The van der Waals surface area contributed by atoms with Gasteiger partial charge in [-0.25, -0.2) is 9.37 Å². The van der Waals surface area contributed by atoms with E-state index in [0.717, 1.165) is 25.8 Å². The highest BCUT2D eigenvalue weighted by Gasteiger charge is 2.18. The molecule has 4 rings (SSSR count). The van der Waals surface area contributed by atoms with Gasteiger partial charge in [-0.1, -0.05) is 34.1 Å². The van der Waals surface area contributed by atoms with Gasteiger partial charge in [-0.15, -0.1) is 0 Å².